The van der Waals surface area contributed by atoms with Crippen LogP contribution in [0.25, 0.3) is 0 Å². The standard InChI is InChI=1S/C15H18N2O2S/c18-12-8-11(9-13(19)10-12)15(14-2-1-7-20-14)17-5-3-16-4-6-17/h1-2,7-10,15-16,18-19H,3-6H2/t15-/m0/s1. The summed E-state index contributed by atoms with van der Waals surface area (Å²) in [5.41, 5.74) is 0.937. The number of nitrogens with zero attached hydrogens (tertiary/aromatic N) is 1. The molecule has 3 N–H and O–H groups in total. The van der Waals surface area contributed by atoms with E-state index >= 15 is 0 Å². The summed E-state index contributed by atoms with van der Waals surface area (Å²) in [7, 11) is 0. The van der Waals surface area contributed by atoms with Crippen molar-refractivity contribution in [2.75, 3.05) is 26.2 Å². The number of phenols is 2. The topological polar surface area (TPSA) is 55.7 Å². The summed E-state index contributed by atoms with van der Waals surface area (Å²) < 4.78 is 0. The fourth-order valence-electron chi connectivity index (χ4n) is 2.72. The summed E-state index contributed by atoms with van der Waals surface area (Å²) in [6, 6.07) is 9.09. The van der Waals surface area contributed by atoms with E-state index in [1.807, 2.05) is 6.07 Å². The van der Waals surface area contributed by atoms with Crippen LogP contribution in [0.2, 0.25) is 0 Å². The zero-order chi connectivity index (χ0) is 13.9. The Bertz CT molecular complexity index is 545. The quantitative estimate of drug-likeness (QED) is 0.811. The van der Waals surface area contributed by atoms with Gasteiger partial charge in [-0.15, -0.1) is 11.3 Å². The van der Waals surface area contributed by atoms with Crippen LogP contribution in [0.5, 0.6) is 11.5 Å². The van der Waals surface area contributed by atoms with Crippen molar-refractivity contribution in [3.63, 3.8) is 0 Å². The SMILES string of the molecule is Oc1cc(O)cc([C@@H](c2cccs2)N2CCNCC2)c1. The molecule has 106 valence electrons. The van der Waals surface area contributed by atoms with Gasteiger partial charge in [-0.05, 0) is 29.1 Å². The average Bonchev–Trinajstić information content (AvgIpc) is 2.93. The minimum Gasteiger partial charge on any atom is -0.508 e. The Hall–Kier alpha value is -1.56. The van der Waals surface area contributed by atoms with Crippen molar-refractivity contribution in [1.82, 2.24) is 10.2 Å². The van der Waals surface area contributed by atoms with Gasteiger partial charge in [-0.1, -0.05) is 6.07 Å². The maximum atomic E-state index is 9.75. The van der Waals surface area contributed by atoms with Crippen molar-refractivity contribution in [1.29, 1.82) is 0 Å². The molecule has 1 aromatic heterocycles. The van der Waals surface area contributed by atoms with Gasteiger partial charge >= 0.3 is 0 Å². The lowest BCUT2D eigenvalue weighted by molar-refractivity contribution is 0.200. The van der Waals surface area contributed by atoms with Crippen LogP contribution < -0.4 is 5.32 Å². The highest BCUT2D eigenvalue weighted by Gasteiger charge is 2.25. The second-order valence-corrected chi connectivity index (χ2v) is 5.97. The Balaban J connectivity index is 2.00. The van der Waals surface area contributed by atoms with Gasteiger partial charge in [0.2, 0.25) is 0 Å². The van der Waals surface area contributed by atoms with E-state index in [4.69, 9.17) is 0 Å². The molecule has 3 rings (SSSR count). The molecule has 0 spiro atoms. The molecule has 1 aliphatic heterocycles. The van der Waals surface area contributed by atoms with Gasteiger partial charge in [0.05, 0.1) is 6.04 Å². The van der Waals surface area contributed by atoms with E-state index < -0.39 is 0 Å². The van der Waals surface area contributed by atoms with Crippen molar-refractivity contribution < 1.29 is 10.2 Å². The molecule has 0 amide bonds. The second kappa shape index (κ2) is 5.83. The normalized spacial score (nSPS) is 18.0. The van der Waals surface area contributed by atoms with Crippen LogP contribution in [-0.2, 0) is 0 Å². The molecular weight excluding hydrogens is 272 g/mol. The summed E-state index contributed by atoms with van der Waals surface area (Å²) >= 11 is 1.71. The third-order valence-electron chi connectivity index (χ3n) is 3.57. The van der Waals surface area contributed by atoms with Gasteiger partial charge in [-0.3, -0.25) is 4.90 Å². The van der Waals surface area contributed by atoms with Gasteiger partial charge in [0, 0.05) is 37.1 Å². The highest BCUT2D eigenvalue weighted by molar-refractivity contribution is 7.10. The van der Waals surface area contributed by atoms with E-state index in [1.165, 1.54) is 10.9 Å². The van der Waals surface area contributed by atoms with E-state index in [2.05, 4.69) is 21.7 Å². The van der Waals surface area contributed by atoms with Crippen LogP contribution in [0, 0.1) is 0 Å². The number of phenolic OH excluding ortho intramolecular Hbond substituents is 2. The Morgan fingerprint density at radius 1 is 1.10 bits per heavy atom. The van der Waals surface area contributed by atoms with E-state index in [0.717, 1.165) is 31.7 Å². The fraction of sp³-hybridized carbons (Fsp3) is 0.333. The molecule has 5 heteroatoms. The van der Waals surface area contributed by atoms with Crippen molar-refractivity contribution in [3.05, 3.63) is 46.2 Å². The number of aromatic hydroxyl groups is 2. The average molecular weight is 290 g/mol. The molecule has 2 aromatic rings. The molecule has 1 aromatic carbocycles. The van der Waals surface area contributed by atoms with Crippen LogP contribution in [0.3, 0.4) is 0 Å². The van der Waals surface area contributed by atoms with Crippen molar-refractivity contribution in [2.45, 2.75) is 6.04 Å². The van der Waals surface area contributed by atoms with Crippen LogP contribution in [-0.4, -0.2) is 41.3 Å². The smallest absolute Gasteiger partial charge is 0.119 e. The molecule has 0 unspecified atom stereocenters. The molecule has 0 aliphatic carbocycles. The van der Waals surface area contributed by atoms with Crippen molar-refractivity contribution >= 4 is 11.3 Å². The minimum atomic E-state index is 0.0927. The second-order valence-electron chi connectivity index (χ2n) is 4.99. The largest absolute Gasteiger partial charge is 0.508 e. The maximum Gasteiger partial charge on any atom is 0.119 e. The molecule has 1 aliphatic rings. The first-order chi connectivity index (χ1) is 9.74. The van der Waals surface area contributed by atoms with Gasteiger partial charge in [-0.25, -0.2) is 0 Å². The Morgan fingerprint density at radius 3 is 2.40 bits per heavy atom. The lowest BCUT2D eigenvalue weighted by Gasteiger charge is -2.34. The molecule has 4 nitrogen and oxygen atoms in total. The van der Waals surface area contributed by atoms with E-state index in [0.29, 0.717) is 0 Å². The predicted molar refractivity (Wildman–Crippen MR) is 80.4 cm³/mol. The van der Waals surface area contributed by atoms with Crippen LogP contribution >= 0.6 is 11.3 Å². The molecule has 1 atom stereocenters. The van der Waals surface area contributed by atoms with Crippen LogP contribution in [0.15, 0.2) is 35.7 Å². The third kappa shape index (κ3) is 2.80. The minimum absolute atomic E-state index is 0.0927. The molecular formula is C15H18N2O2S. The molecule has 0 saturated carbocycles. The highest BCUT2D eigenvalue weighted by atomic mass is 32.1. The number of hydrogen-bond donors (Lipinski definition) is 3. The van der Waals surface area contributed by atoms with Crippen LogP contribution in [0.1, 0.15) is 16.5 Å². The number of thiophene rings is 1. The summed E-state index contributed by atoms with van der Waals surface area (Å²) in [4.78, 5) is 3.62. The Kier molecular flexibility index (Phi) is 3.91. The molecule has 20 heavy (non-hydrogen) atoms. The molecule has 1 saturated heterocycles. The summed E-state index contributed by atoms with van der Waals surface area (Å²) in [6.45, 7) is 3.84. The number of hydrogen-bond acceptors (Lipinski definition) is 5. The van der Waals surface area contributed by atoms with Crippen LogP contribution in [0.4, 0.5) is 0 Å². The first kappa shape index (κ1) is 13.4. The highest BCUT2D eigenvalue weighted by Crippen LogP contribution is 2.35. The summed E-state index contributed by atoms with van der Waals surface area (Å²) in [6.07, 6.45) is 0. The summed E-state index contributed by atoms with van der Waals surface area (Å²) in [5.74, 6) is 0.216. The Labute approximate surface area is 122 Å². The summed E-state index contributed by atoms with van der Waals surface area (Å²) in [5, 5.41) is 24.9. The molecule has 2 heterocycles. The zero-order valence-electron chi connectivity index (χ0n) is 11.1. The van der Waals surface area contributed by atoms with Gasteiger partial charge in [0.25, 0.3) is 0 Å². The van der Waals surface area contributed by atoms with Gasteiger partial charge in [0.1, 0.15) is 11.5 Å². The first-order valence-electron chi connectivity index (χ1n) is 6.75. The molecule has 1 fully saturated rings. The molecule has 0 bridgehead atoms. The number of benzene rings is 1. The van der Waals surface area contributed by atoms with Gasteiger partial charge < -0.3 is 15.5 Å². The Morgan fingerprint density at radius 2 is 1.80 bits per heavy atom. The van der Waals surface area contributed by atoms with Crippen molar-refractivity contribution in [3.8, 4) is 11.5 Å². The van der Waals surface area contributed by atoms with E-state index in [1.54, 1.807) is 23.5 Å². The zero-order valence-corrected chi connectivity index (χ0v) is 11.9. The fourth-order valence-corrected chi connectivity index (χ4v) is 3.60. The van der Waals surface area contributed by atoms with Gasteiger partial charge in [0.15, 0.2) is 0 Å². The van der Waals surface area contributed by atoms with E-state index in [9.17, 15) is 10.2 Å². The first-order valence-corrected chi connectivity index (χ1v) is 7.63. The lowest BCUT2D eigenvalue weighted by atomic mass is 10.0. The maximum absolute atomic E-state index is 9.75. The number of nitrogens with one attached hydrogen (secondary N) is 1. The van der Waals surface area contributed by atoms with Crippen molar-refractivity contribution in [2.24, 2.45) is 0 Å². The van der Waals surface area contributed by atoms with E-state index in [-0.39, 0.29) is 17.5 Å². The number of piperazine rings is 1. The third-order valence-corrected chi connectivity index (χ3v) is 4.49. The van der Waals surface area contributed by atoms with Gasteiger partial charge in [-0.2, -0.15) is 0 Å². The molecule has 0 radical (unpaired) electrons. The predicted octanol–water partition coefficient (Wildman–Crippen LogP) is 2.15. The number of rotatable bonds is 3. The lowest BCUT2D eigenvalue weighted by Crippen LogP contribution is -2.45. The monoisotopic (exact) mass is 290 g/mol.